The van der Waals surface area contributed by atoms with Crippen LogP contribution in [0.2, 0.25) is 0 Å². The van der Waals surface area contributed by atoms with E-state index in [-0.39, 0.29) is 0 Å². The second kappa shape index (κ2) is 7.05. The summed E-state index contributed by atoms with van der Waals surface area (Å²) in [5.74, 6) is 0. The lowest BCUT2D eigenvalue weighted by atomic mass is 10.2. The highest BCUT2D eigenvalue weighted by molar-refractivity contribution is 5.52. The average Bonchev–Trinajstić information content (AvgIpc) is 1.89. The van der Waals surface area contributed by atoms with Crippen LogP contribution in [0.15, 0.2) is 4.99 Å². The van der Waals surface area contributed by atoms with Crippen molar-refractivity contribution in [1.82, 2.24) is 0 Å². The standard InChI is InChI=1S/C6H10N2O/c7-4-2-1-3-5-8-6-9/h4,7H,1-3,5H2. The summed E-state index contributed by atoms with van der Waals surface area (Å²) in [6.45, 7) is 0.553. The molecule has 3 heteroatoms. The van der Waals surface area contributed by atoms with Gasteiger partial charge in [-0.05, 0) is 25.5 Å². The first-order valence-electron chi connectivity index (χ1n) is 2.94. The number of unbranched alkanes of at least 4 members (excludes halogenated alkanes) is 2. The monoisotopic (exact) mass is 126 g/mol. The summed E-state index contributed by atoms with van der Waals surface area (Å²) in [5.41, 5.74) is 0. The van der Waals surface area contributed by atoms with Gasteiger partial charge in [0.1, 0.15) is 0 Å². The topological polar surface area (TPSA) is 53.3 Å². The summed E-state index contributed by atoms with van der Waals surface area (Å²) in [6.07, 6.45) is 5.43. The lowest BCUT2D eigenvalue weighted by molar-refractivity contribution is 0.562. The van der Waals surface area contributed by atoms with Gasteiger partial charge >= 0.3 is 0 Å². The van der Waals surface area contributed by atoms with Gasteiger partial charge in [0.25, 0.3) is 0 Å². The molecule has 0 aliphatic rings. The van der Waals surface area contributed by atoms with E-state index < -0.39 is 0 Å². The fourth-order valence-electron chi connectivity index (χ4n) is 0.483. The Balaban J connectivity index is 2.90. The zero-order chi connectivity index (χ0) is 6.95. The number of hydrogen-bond acceptors (Lipinski definition) is 3. The molecule has 0 unspecified atom stereocenters. The van der Waals surface area contributed by atoms with Gasteiger partial charge in [-0.25, -0.2) is 9.79 Å². The Morgan fingerprint density at radius 3 is 2.89 bits per heavy atom. The molecule has 3 nitrogen and oxygen atoms in total. The highest BCUT2D eigenvalue weighted by Gasteiger charge is 1.82. The molecular weight excluding hydrogens is 116 g/mol. The van der Waals surface area contributed by atoms with Gasteiger partial charge in [0.15, 0.2) is 0 Å². The van der Waals surface area contributed by atoms with Gasteiger partial charge in [-0.1, -0.05) is 0 Å². The lowest BCUT2D eigenvalue weighted by Gasteiger charge is -1.87. The van der Waals surface area contributed by atoms with Crippen LogP contribution in [-0.4, -0.2) is 18.8 Å². The molecule has 1 N–H and O–H groups in total. The Morgan fingerprint density at radius 2 is 2.33 bits per heavy atom. The van der Waals surface area contributed by atoms with Crippen molar-refractivity contribution in [3.05, 3.63) is 0 Å². The molecule has 0 atom stereocenters. The van der Waals surface area contributed by atoms with Crippen LogP contribution in [-0.2, 0) is 4.79 Å². The first kappa shape index (κ1) is 8.05. The van der Waals surface area contributed by atoms with Gasteiger partial charge < -0.3 is 5.41 Å². The molecule has 0 bridgehead atoms. The molecule has 0 rings (SSSR count). The van der Waals surface area contributed by atoms with Crippen LogP contribution in [0.4, 0.5) is 0 Å². The minimum absolute atomic E-state index is 0.553. The molecule has 9 heavy (non-hydrogen) atoms. The van der Waals surface area contributed by atoms with Crippen molar-refractivity contribution in [2.45, 2.75) is 19.3 Å². The number of nitrogens with zero attached hydrogens (tertiary/aromatic N) is 1. The first-order valence-corrected chi connectivity index (χ1v) is 2.94. The second-order valence-corrected chi connectivity index (χ2v) is 1.67. The van der Waals surface area contributed by atoms with Crippen molar-refractivity contribution in [2.24, 2.45) is 4.99 Å². The maximum absolute atomic E-state index is 9.50. The van der Waals surface area contributed by atoms with Crippen LogP contribution in [0.1, 0.15) is 19.3 Å². The summed E-state index contributed by atoms with van der Waals surface area (Å²) in [4.78, 5) is 12.9. The Hall–Kier alpha value is -0.950. The van der Waals surface area contributed by atoms with Crippen LogP contribution in [0, 0.1) is 5.41 Å². The molecule has 0 fully saturated rings. The van der Waals surface area contributed by atoms with Crippen molar-refractivity contribution in [3.63, 3.8) is 0 Å². The van der Waals surface area contributed by atoms with Gasteiger partial charge in [0.05, 0.1) is 6.54 Å². The summed E-state index contributed by atoms with van der Waals surface area (Å²) in [5, 5.41) is 6.65. The Labute approximate surface area is 54.3 Å². The maximum Gasteiger partial charge on any atom is 0.234 e. The Bertz CT molecular complexity index is 116. The molecule has 0 aromatic heterocycles. The van der Waals surface area contributed by atoms with E-state index in [1.165, 1.54) is 12.3 Å². The highest BCUT2D eigenvalue weighted by atomic mass is 16.1. The molecule has 0 radical (unpaired) electrons. The predicted molar refractivity (Wildman–Crippen MR) is 35.6 cm³/mol. The summed E-state index contributed by atoms with van der Waals surface area (Å²) in [7, 11) is 0. The van der Waals surface area contributed by atoms with E-state index in [4.69, 9.17) is 5.41 Å². The van der Waals surface area contributed by atoms with E-state index in [1.54, 1.807) is 0 Å². The molecular formula is C6H10N2O. The maximum atomic E-state index is 9.50. The summed E-state index contributed by atoms with van der Waals surface area (Å²) >= 11 is 0. The average molecular weight is 126 g/mol. The van der Waals surface area contributed by atoms with Crippen molar-refractivity contribution in [1.29, 1.82) is 5.41 Å². The number of aliphatic imine (C=N–C) groups is 1. The predicted octanol–water partition coefficient (Wildman–Crippen LogP) is 1.14. The van der Waals surface area contributed by atoms with Gasteiger partial charge in [0.2, 0.25) is 6.08 Å². The zero-order valence-corrected chi connectivity index (χ0v) is 5.26. The van der Waals surface area contributed by atoms with Crippen molar-refractivity contribution >= 4 is 12.3 Å². The molecule has 0 aromatic carbocycles. The lowest BCUT2D eigenvalue weighted by Crippen LogP contribution is -1.81. The normalized spacial score (nSPS) is 8.00. The molecule has 50 valence electrons. The SMILES string of the molecule is N=CCCCCN=C=O. The second-order valence-electron chi connectivity index (χ2n) is 1.67. The quantitative estimate of drug-likeness (QED) is 0.335. The number of carbonyl (C=O) groups excluding carboxylic acids is 1. The smallest absolute Gasteiger partial charge is 0.234 e. The van der Waals surface area contributed by atoms with Crippen LogP contribution in [0.5, 0.6) is 0 Å². The van der Waals surface area contributed by atoms with E-state index in [1.807, 2.05) is 0 Å². The van der Waals surface area contributed by atoms with Crippen molar-refractivity contribution in [3.8, 4) is 0 Å². The molecule has 0 saturated heterocycles. The minimum atomic E-state index is 0.553. The minimum Gasteiger partial charge on any atom is -0.313 e. The van der Waals surface area contributed by atoms with Gasteiger partial charge in [-0.2, -0.15) is 0 Å². The Kier molecular flexibility index (Phi) is 6.31. The van der Waals surface area contributed by atoms with Crippen LogP contribution < -0.4 is 0 Å². The molecule has 0 spiro atoms. The summed E-state index contributed by atoms with van der Waals surface area (Å²) < 4.78 is 0. The third-order valence-electron chi connectivity index (χ3n) is 0.933. The van der Waals surface area contributed by atoms with Crippen LogP contribution >= 0.6 is 0 Å². The van der Waals surface area contributed by atoms with Crippen molar-refractivity contribution < 1.29 is 4.79 Å². The third-order valence-corrected chi connectivity index (χ3v) is 0.933. The highest BCUT2D eigenvalue weighted by Crippen LogP contribution is 1.91. The zero-order valence-electron chi connectivity index (χ0n) is 5.26. The van der Waals surface area contributed by atoms with E-state index in [9.17, 15) is 4.79 Å². The van der Waals surface area contributed by atoms with Crippen molar-refractivity contribution in [2.75, 3.05) is 6.54 Å². The Morgan fingerprint density at radius 1 is 1.56 bits per heavy atom. The van der Waals surface area contributed by atoms with Gasteiger partial charge in [0, 0.05) is 0 Å². The molecule has 0 saturated carbocycles. The van der Waals surface area contributed by atoms with E-state index in [2.05, 4.69) is 4.99 Å². The molecule has 0 heterocycles. The van der Waals surface area contributed by atoms with Gasteiger partial charge in [-0.3, -0.25) is 0 Å². The number of hydrogen-bond donors (Lipinski definition) is 1. The summed E-state index contributed by atoms with van der Waals surface area (Å²) in [6, 6.07) is 0. The van der Waals surface area contributed by atoms with E-state index in [0.717, 1.165) is 19.3 Å². The molecule has 0 amide bonds. The van der Waals surface area contributed by atoms with E-state index >= 15 is 0 Å². The number of rotatable bonds is 5. The number of isocyanates is 1. The van der Waals surface area contributed by atoms with Crippen LogP contribution in [0.3, 0.4) is 0 Å². The number of nitrogens with one attached hydrogen (secondary N) is 1. The molecule has 0 aliphatic carbocycles. The third kappa shape index (κ3) is 7.05. The van der Waals surface area contributed by atoms with E-state index in [0.29, 0.717) is 6.54 Å². The molecule has 0 aromatic rings. The van der Waals surface area contributed by atoms with Gasteiger partial charge in [-0.15, -0.1) is 0 Å². The first-order chi connectivity index (χ1) is 4.41. The largest absolute Gasteiger partial charge is 0.313 e. The fraction of sp³-hybridized carbons (Fsp3) is 0.667. The molecule has 0 aliphatic heterocycles. The fourth-order valence-corrected chi connectivity index (χ4v) is 0.483. The van der Waals surface area contributed by atoms with Crippen LogP contribution in [0.25, 0.3) is 0 Å².